The minimum Gasteiger partial charge on any atom is -0.550 e. The number of hydrogen-bond acceptors (Lipinski definition) is 16. The number of carboxylic acids is 3. The number of carboxylic acid groups (broad SMARTS) is 3. The zero-order valence-corrected chi connectivity index (χ0v) is 38.2. The normalized spacial score (nSPS) is 50.8. The Bertz CT molecular complexity index is 1750. The number of aliphatic carboxylic acids is 3. The second-order valence-electron chi connectivity index (χ2n) is 20.6. The minimum absolute atomic E-state index is 0. The number of hydrogen-bond donors (Lipinski definition) is 6. The molecule has 0 amide bonds. The molecule has 2 saturated heterocycles. The van der Waals surface area contributed by atoms with Gasteiger partial charge >= 0.3 is 37.7 Å². The Balaban J connectivity index is 0.00000341. The van der Waals surface area contributed by atoms with Gasteiger partial charge in [0, 0.05) is 17.3 Å². The average Bonchev–Trinajstić information content (AvgIpc) is 3.13. The zero-order chi connectivity index (χ0) is 42.9. The van der Waals surface area contributed by atoms with Crippen molar-refractivity contribution < 1.29 is 79.0 Å². The Labute approximate surface area is 380 Å². The van der Waals surface area contributed by atoms with E-state index >= 15 is 0 Å². The number of ether oxygens (including phenoxy) is 4. The fraction of sp³-hybridized carbons (Fsp3) is 0.857. The van der Waals surface area contributed by atoms with Crippen LogP contribution in [0.2, 0.25) is 0 Å². The SMILES string of the molecule is CC1(C)[C@@H](O[C@H]2O[C@H](C(=O)[O-])[C@@H](O)[C@H](O)[C@H]2O[C@@H]2O[C@H](C(=O)[O-])[C@@H](O)[C@H](O)[C@H]2O)CC[C@]2(C)[C@H]3C(=O)C=C4[C@@H]5C[C@@](C)(C(=O)[O-])CC[C@]5(C)CC[C@@]4(C)[C@]3(C)CC[C@@H]12.[Ca+2].[NH4+]. The first-order chi connectivity index (χ1) is 26.8. The second-order valence-corrected chi connectivity index (χ2v) is 20.6. The molecule has 9 N–H and O–H groups in total. The topological polar surface area (TPSA) is 312 Å². The zero-order valence-electron chi connectivity index (χ0n) is 36.0. The number of carbonyl (C=O) groups excluding carboxylic acids is 4. The van der Waals surface area contributed by atoms with Crippen LogP contribution in [-0.2, 0) is 38.1 Å². The van der Waals surface area contributed by atoms with Crippen molar-refractivity contribution in [1.29, 1.82) is 0 Å². The van der Waals surface area contributed by atoms with E-state index in [1.165, 1.54) is 0 Å². The molecule has 18 heteroatoms. The summed E-state index contributed by atoms with van der Waals surface area (Å²) in [5.74, 6) is -5.37. The number of fused-ring (bicyclic) bond motifs is 7. The van der Waals surface area contributed by atoms with Gasteiger partial charge in [-0.15, -0.1) is 0 Å². The van der Waals surface area contributed by atoms with Crippen molar-refractivity contribution >= 4 is 61.4 Å². The number of aliphatic hydroxyl groups is 5. The number of quaternary nitrogens is 1. The van der Waals surface area contributed by atoms with E-state index in [9.17, 15) is 60.0 Å². The molecule has 0 spiro atoms. The van der Waals surface area contributed by atoms with Gasteiger partial charge < -0.3 is 80.3 Å². The van der Waals surface area contributed by atoms with Gasteiger partial charge in [0.2, 0.25) is 0 Å². The van der Waals surface area contributed by atoms with Crippen LogP contribution in [0.1, 0.15) is 106 Å². The molecule has 0 radical (unpaired) electrons. The van der Waals surface area contributed by atoms with Crippen LogP contribution >= 0.6 is 0 Å². The summed E-state index contributed by atoms with van der Waals surface area (Å²) in [5, 5.41) is 89.2. The van der Waals surface area contributed by atoms with Crippen molar-refractivity contribution in [3.8, 4) is 0 Å². The van der Waals surface area contributed by atoms with E-state index in [0.717, 1.165) is 24.8 Å². The largest absolute Gasteiger partial charge is 2.00 e. The van der Waals surface area contributed by atoms with Gasteiger partial charge in [0.25, 0.3) is 0 Å². The summed E-state index contributed by atoms with van der Waals surface area (Å²) in [6.07, 6.45) is -13.4. The monoisotopic (exact) mass is 877 g/mol. The standard InChI is InChI=1S/C42H62O16.Ca.H3N/c1-37(2)21-8-11-42(7)31(20(43)16-18-19-17-39(4,36(53)54)13-12-38(19,3)14-15-41(18,42)6)40(21,5)10-9-22(37)55-35-30(26(47)25(46)29(57-35)33(51)52)58-34-27(48)23(44)24(45)28(56-34)32(49)50;;/h16,19,21-31,34-35,44-48H,8-15,17H2,1-7H3,(H,49,50)(H,51,52)(H,53,54);;1H3/q;+2;/p-2/t19-,21-,22-,23-,24-,25-,26-,27+,28-,29-,30+,31+,34-,35-,38+,39-,40-,41+,42+;;/m0../s1. The van der Waals surface area contributed by atoms with Crippen molar-refractivity contribution in [2.75, 3.05) is 0 Å². The number of aliphatic hydroxyl groups excluding tert-OH is 5. The van der Waals surface area contributed by atoms with Gasteiger partial charge in [-0.25, -0.2) is 0 Å². The number of rotatable bonds is 7. The summed E-state index contributed by atoms with van der Waals surface area (Å²) >= 11 is 0. The van der Waals surface area contributed by atoms with Gasteiger partial charge in [0.15, 0.2) is 18.4 Å². The molecule has 334 valence electrons. The van der Waals surface area contributed by atoms with E-state index in [1.54, 1.807) is 6.92 Å². The van der Waals surface area contributed by atoms with E-state index in [2.05, 4.69) is 27.7 Å². The van der Waals surface area contributed by atoms with Gasteiger partial charge in [0.05, 0.1) is 18.0 Å². The molecule has 0 aromatic carbocycles. The van der Waals surface area contributed by atoms with Crippen LogP contribution in [0.4, 0.5) is 0 Å². The molecule has 2 aliphatic heterocycles. The molecule has 4 saturated carbocycles. The molecule has 7 rings (SSSR count). The Morgan fingerprint density at radius 1 is 0.717 bits per heavy atom. The quantitative estimate of drug-likeness (QED) is 0.122. The van der Waals surface area contributed by atoms with Crippen LogP contribution < -0.4 is 21.5 Å². The molecular formula is C42H63CaNO16. The van der Waals surface area contributed by atoms with Gasteiger partial charge in [-0.3, -0.25) is 4.79 Å². The third kappa shape index (κ3) is 7.34. The number of ketones is 1. The molecule has 60 heavy (non-hydrogen) atoms. The maximum absolute atomic E-state index is 14.8. The van der Waals surface area contributed by atoms with Crippen molar-refractivity contribution in [1.82, 2.24) is 6.15 Å². The van der Waals surface area contributed by atoms with Crippen molar-refractivity contribution in [3.05, 3.63) is 11.6 Å². The summed E-state index contributed by atoms with van der Waals surface area (Å²) in [7, 11) is 0. The summed E-state index contributed by atoms with van der Waals surface area (Å²) < 4.78 is 23.1. The van der Waals surface area contributed by atoms with E-state index in [1.807, 2.05) is 19.9 Å². The second kappa shape index (κ2) is 16.6. The maximum atomic E-state index is 14.8. The molecule has 19 atom stereocenters. The third-order valence-electron chi connectivity index (χ3n) is 17.2. The van der Waals surface area contributed by atoms with Crippen LogP contribution in [0.5, 0.6) is 0 Å². The maximum Gasteiger partial charge on any atom is 2.00 e. The van der Waals surface area contributed by atoms with Crippen LogP contribution in [0.25, 0.3) is 0 Å². The predicted octanol–water partition coefficient (Wildman–Crippen LogP) is -1.76. The van der Waals surface area contributed by atoms with E-state index < -0.39 is 107 Å². The van der Waals surface area contributed by atoms with Crippen LogP contribution in [-0.4, -0.2) is 154 Å². The van der Waals surface area contributed by atoms with E-state index in [0.29, 0.717) is 38.5 Å². The van der Waals surface area contributed by atoms with Crippen molar-refractivity contribution in [2.24, 2.45) is 50.2 Å². The molecule has 5 aliphatic carbocycles. The van der Waals surface area contributed by atoms with Gasteiger partial charge in [-0.05, 0) is 103 Å². The molecule has 2 heterocycles. The van der Waals surface area contributed by atoms with Crippen LogP contribution in [0, 0.1) is 50.2 Å². The molecule has 0 unspecified atom stereocenters. The first-order valence-corrected chi connectivity index (χ1v) is 20.7. The molecule has 0 aromatic heterocycles. The van der Waals surface area contributed by atoms with Crippen LogP contribution in [0.15, 0.2) is 11.6 Å². The van der Waals surface area contributed by atoms with Gasteiger partial charge in [-0.2, -0.15) is 0 Å². The number of carbonyl (C=O) groups is 4. The van der Waals surface area contributed by atoms with Gasteiger partial charge in [0.1, 0.15) is 48.8 Å². The predicted molar refractivity (Wildman–Crippen MR) is 203 cm³/mol. The number of allylic oxidation sites excluding steroid dienone is 2. The van der Waals surface area contributed by atoms with E-state index in [-0.39, 0.29) is 78.3 Å². The molecule has 6 fully saturated rings. The Hall–Kier alpha value is -1.32. The summed E-state index contributed by atoms with van der Waals surface area (Å²) in [4.78, 5) is 50.9. The fourth-order valence-electron chi connectivity index (χ4n) is 13.3. The molecule has 17 nitrogen and oxygen atoms in total. The van der Waals surface area contributed by atoms with Gasteiger partial charge in [-0.1, -0.05) is 54.0 Å². The minimum atomic E-state index is -2.16. The smallest absolute Gasteiger partial charge is 0.550 e. The van der Waals surface area contributed by atoms with E-state index in [4.69, 9.17) is 18.9 Å². The summed E-state index contributed by atoms with van der Waals surface area (Å²) in [6, 6.07) is 0. The van der Waals surface area contributed by atoms with Crippen molar-refractivity contribution in [2.45, 2.75) is 174 Å². The first-order valence-electron chi connectivity index (χ1n) is 20.7. The molecular weight excluding hydrogens is 815 g/mol. The fourth-order valence-corrected chi connectivity index (χ4v) is 13.3. The van der Waals surface area contributed by atoms with Crippen LogP contribution in [0.3, 0.4) is 0 Å². The Morgan fingerprint density at radius 3 is 1.87 bits per heavy atom. The average molecular weight is 878 g/mol. The Morgan fingerprint density at radius 2 is 1.28 bits per heavy atom. The third-order valence-corrected chi connectivity index (χ3v) is 17.2. The summed E-state index contributed by atoms with van der Waals surface area (Å²) in [6.45, 7) is 14.6. The van der Waals surface area contributed by atoms with Crippen molar-refractivity contribution in [3.63, 3.8) is 0 Å². The Kier molecular flexibility index (Phi) is 13.7. The molecule has 7 aliphatic rings. The molecule has 0 aromatic rings. The molecule has 0 bridgehead atoms. The first kappa shape index (κ1) is 49.7. The summed E-state index contributed by atoms with van der Waals surface area (Å²) in [5.41, 5.74) is -2.11.